The van der Waals surface area contributed by atoms with Crippen LogP contribution in [0, 0.1) is 13.8 Å². The second-order valence-corrected chi connectivity index (χ2v) is 4.37. The van der Waals surface area contributed by atoms with Gasteiger partial charge in [-0.1, -0.05) is 0 Å². The molecule has 90 valence electrons. The molecule has 1 aliphatic heterocycles. The summed E-state index contributed by atoms with van der Waals surface area (Å²) in [5.41, 5.74) is 0.978. The molecule has 1 saturated heterocycles. The molecule has 0 radical (unpaired) electrons. The molecule has 0 aromatic carbocycles. The third-order valence-electron chi connectivity index (χ3n) is 3.00. The molecule has 4 nitrogen and oxygen atoms in total. The Bertz CT molecular complexity index is 310. The second-order valence-electron chi connectivity index (χ2n) is 4.37. The fourth-order valence-corrected chi connectivity index (χ4v) is 1.92. The number of nitrogens with zero attached hydrogens (tertiary/aromatic N) is 1. The number of aromatic nitrogens is 1. The lowest BCUT2D eigenvalue weighted by molar-refractivity contribution is 0.0165. The average Bonchev–Trinajstić information content (AvgIpc) is 2.60. The fraction of sp³-hybridized carbons (Fsp3) is 0.750. The van der Waals surface area contributed by atoms with Crippen LogP contribution >= 0.6 is 0 Å². The van der Waals surface area contributed by atoms with E-state index in [9.17, 15) is 0 Å². The van der Waals surface area contributed by atoms with Crippen LogP contribution in [0.5, 0.6) is 0 Å². The van der Waals surface area contributed by atoms with Gasteiger partial charge in [-0.15, -0.1) is 0 Å². The van der Waals surface area contributed by atoms with Gasteiger partial charge in [0.15, 0.2) is 0 Å². The minimum Gasteiger partial charge on any atom is -0.444 e. The Labute approximate surface area is 96.4 Å². The summed E-state index contributed by atoms with van der Waals surface area (Å²) in [6.07, 6.45) is 4.01. The smallest absolute Gasteiger partial charge is 0.208 e. The van der Waals surface area contributed by atoms with Crippen molar-refractivity contribution in [2.45, 2.75) is 45.8 Å². The third kappa shape index (κ3) is 3.06. The molecule has 4 heteroatoms. The Morgan fingerprint density at radius 2 is 2.25 bits per heavy atom. The van der Waals surface area contributed by atoms with Crippen molar-refractivity contribution in [2.24, 2.45) is 0 Å². The first-order chi connectivity index (χ1) is 7.75. The van der Waals surface area contributed by atoms with Gasteiger partial charge in [-0.25, -0.2) is 4.98 Å². The number of hydrogen-bond donors (Lipinski definition) is 1. The average molecular weight is 224 g/mol. The zero-order chi connectivity index (χ0) is 11.4. The van der Waals surface area contributed by atoms with Crippen LogP contribution in [0.4, 0.5) is 0 Å². The Morgan fingerprint density at radius 3 is 2.88 bits per heavy atom. The van der Waals surface area contributed by atoms with Crippen LogP contribution in [0.15, 0.2) is 4.42 Å². The third-order valence-corrected chi connectivity index (χ3v) is 3.00. The van der Waals surface area contributed by atoms with Crippen LogP contribution in [0.2, 0.25) is 0 Å². The molecule has 1 aromatic rings. The van der Waals surface area contributed by atoms with E-state index in [2.05, 4.69) is 10.3 Å². The lowest BCUT2D eigenvalue weighted by atomic mass is 10.1. The van der Waals surface area contributed by atoms with Crippen LogP contribution in [-0.2, 0) is 11.3 Å². The maximum absolute atomic E-state index is 5.63. The van der Waals surface area contributed by atoms with Gasteiger partial charge in [0.1, 0.15) is 5.76 Å². The van der Waals surface area contributed by atoms with E-state index < -0.39 is 0 Å². The summed E-state index contributed by atoms with van der Waals surface area (Å²) in [5, 5.41) is 3.33. The van der Waals surface area contributed by atoms with Crippen molar-refractivity contribution in [1.29, 1.82) is 0 Å². The molecule has 2 rings (SSSR count). The Balaban J connectivity index is 1.71. The summed E-state index contributed by atoms with van der Waals surface area (Å²) in [7, 11) is 0. The Morgan fingerprint density at radius 1 is 1.38 bits per heavy atom. The van der Waals surface area contributed by atoms with Gasteiger partial charge < -0.3 is 14.5 Å². The molecule has 1 N–H and O–H groups in total. The predicted molar refractivity (Wildman–Crippen MR) is 61.3 cm³/mol. The first kappa shape index (κ1) is 11.6. The zero-order valence-electron chi connectivity index (χ0n) is 10.1. The maximum atomic E-state index is 5.63. The quantitative estimate of drug-likeness (QED) is 0.849. The molecule has 1 unspecified atom stereocenters. The highest BCUT2D eigenvalue weighted by molar-refractivity contribution is 5.05. The van der Waals surface area contributed by atoms with Crippen LogP contribution in [0.25, 0.3) is 0 Å². The molecule has 0 bridgehead atoms. The van der Waals surface area contributed by atoms with Gasteiger partial charge in [0.2, 0.25) is 5.89 Å². The SMILES string of the molecule is Cc1nc(CNCC2CCCCO2)oc1C. The van der Waals surface area contributed by atoms with Crippen molar-refractivity contribution in [1.82, 2.24) is 10.3 Å². The molecular weight excluding hydrogens is 204 g/mol. The van der Waals surface area contributed by atoms with E-state index in [1.807, 2.05) is 13.8 Å². The highest BCUT2D eigenvalue weighted by Crippen LogP contribution is 2.12. The van der Waals surface area contributed by atoms with Crippen LogP contribution in [0.3, 0.4) is 0 Å². The van der Waals surface area contributed by atoms with E-state index in [-0.39, 0.29) is 0 Å². The van der Waals surface area contributed by atoms with E-state index in [4.69, 9.17) is 9.15 Å². The Hall–Kier alpha value is -0.870. The molecule has 0 amide bonds. The van der Waals surface area contributed by atoms with Crippen molar-refractivity contribution in [3.05, 3.63) is 17.3 Å². The molecule has 2 heterocycles. The van der Waals surface area contributed by atoms with Gasteiger partial charge in [-0.05, 0) is 33.1 Å². The van der Waals surface area contributed by atoms with Gasteiger partial charge in [-0.2, -0.15) is 0 Å². The second kappa shape index (κ2) is 5.46. The van der Waals surface area contributed by atoms with Crippen molar-refractivity contribution in [3.63, 3.8) is 0 Å². The molecule has 0 spiro atoms. The standard InChI is InChI=1S/C12H20N2O2/c1-9-10(2)16-12(14-9)8-13-7-11-5-3-4-6-15-11/h11,13H,3-8H2,1-2H3. The summed E-state index contributed by atoms with van der Waals surface area (Å²) < 4.78 is 11.1. The van der Waals surface area contributed by atoms with Gasteiger partial charge >= 0.3 is 0 Å². The van der Waals surface area contributed by atoms with Gasteiger partial charge in [0.25, 0.3) is 0 Å². The first-order valence-corrected chi connectivity index (χ1v) is 6.01. The van der Waals surface area contributed by atoms with E-state index in [0.717, 1.165) is 36.9 Å². The van der Waals surface area contributed by atoms with Crippen LogP contribution in [0.1, 0.15) is 36.6 Å². The molecule has 0 saturated carbocycles. The summed E-state index contributed by atoms with van der Waals surface area (Å²) in [6, 6.07) is 0. The lowest BCUT2D eigenvalue weighted by Gasteiger charge is -2.22. The first-order valence-electron chi connectivity index (χ1n) is 6.01. The number of ether oxygens (including phenoxy) is 1. The minimum atomic E-state index is 0.367. The molecule has 1 aliphatic rings. The highest BCUT2D eigenvalue weighted by Gasteiger charge is 2.13. The summed E-state index contributed by atoms with van der Waals surface area (Å²) in [5.74, 6) is 1.68. The van der Waals surface area contributed by atoms with E-state index in [1.54, 1.807) is 0 Å². The fourth-order valence-electron chi connectivity index (χ4n) is 1.92. The van der Waals surface area contributed by atoms with Crippen molar-refractivity contribution < 1.29 is 9.15 Å². The molecule has 1 aromatic heterocycles. The molecule has 1 atom stereocenters. The number of nitrogens with one attached hydrogen (secondary N) is 1. The van der Waals surface area contributed by atoms with Gasteiger partial charge in [0, 0.05) is 13.2 Å². The summed E-state index contributed by atoms with van der Waals surface area (Å²) in [6.45, 7) is 6.39. The van der Waals surface area contributed by atoms with Gasteiger partial charge in [0.05, 0.1) is 18.3 Å². The van der Waals surface area contributed by atoms with Crippen LogP contribution < -0.4 is 5.32 Å². The largest absolute Gasteiger partial charge is 0.444 e. The van der Waals surface area contributed by atoms with Crippen molar-refractivity contribution in [3.8, 4) is 0 Å². The highest BCUT2D eigenvalue weighted by atomic mass is 16.5. The maximum Gasteiger partial charge on any atom is 0.208 e. The van der Waals surface area contributed by atoms with Crippen molar-refractivity contribution in [2.75, 3.05) is 13.2 Å². The number of aryl methyl sites for hydroxylation is 2. The topological polar surface area (TPSA) is 47.3 Å². The zero-order valence-corrected chi connectivity index (χ0v) is 10.1. The van der Waals surface area contributed by atoms with E-state index >= 15 is 0 Å². The lowest BCUT2D eigenvalue weighted by Crippen LogP contribution is -2.31. The van der Waals surface area contributed by atoms with E-state index in [1.165, 1.54) is 12.8 Å². The molecule has 0 aliphatic carbocycles. The molecule has 16 heavy (non-hydrogen) atoms. The normalized spacial score (nSPS) is 21.2. The minimum absolute atomic E-state index is 0.367. The summed E-state index contributed by atoms with van der Waals surface area (Å²) in [4.78, 5) is 4.32. The molecule has 1 fully saturated rings. The number of rotatable bonds is 4. The monoisotopic (exact) mass is 224 g/mol. The van der Waals surface area contributed by atoms with E-state index in [0.29, 0.717) is 12.6 Å². The molecular formula is C12H20N2O2. The van der Waals surface area contributed by atoms with Crippen LogP contribution in [-0.4, -0.2) is 24.2 Å². The number of oxazole rings is 1. The predicted octanol–water partition coefficient (Wildman–Crippen LogP) is 1.95. The van der Waals surface area contributed by atoms with Crippen molar-refractivity contribution >= 4 is 0 Å². The number of hydrogen-bond acceptors (Lipinski definition) is 4. The summed E-state index contributed by atoms with van der Waals surface area (Å²) >= 11 is 0. The Kier molecular flexibility index (Phi) is 3.96. The van der Waals surface area contributed by atoms with Gasteiger partial charge in [-0.3, -0.25) is 0 Å².